The summed E-state index contributed by atoms with van der Waals surface area (Å²) in [6.45, 7) is 2.68. The van der Waals surface area contributed by atoms with Gasteiger partial charge in [0.1, 0.15) is 6.10 Å². The summed E-state index contributed by atoms with van der Waals surface area (Å²) in [5, 5.41) is 0. The number of para-hydroxylation sites is 1. The van der Waals surface area contributed by atoms with Crippen molar-refractivity contribution in [3.8, 4) is 5.75 Å². The average molecular weight is 369 g/mol. The van der Waals surface area contributed by atoms with Gasteiger partial charge in [0.25, 0.3) is 5.91 Å². The first-order valence-corrected chi connectivity index (χ1v) is 10.0. The van der Waals surface area contributed by atoms with Crippen molar-refractivity contribution in [2.75, 3.05) is 52.4 Å². The molecular formula is C17H27N3O4S. The predicted molar refractivity (Wildman–Crippen MR) is 98.8 cm³/mol. The molecule has 0 aliphatic carbocycles. The van der Waals surface area contributed by atoms with Gasteiger partial charge in [-0.15, -0.1) is 0 Å². The van der Waals surface area contributed by atoms with Crippen LogP contribution in [-0.2, 0) is 10.0 Å². The summed E-state index contributed by atoms with van der Waals surface area (Å²) < 4.78 is 31.1. The topological polar surface area (TPSA) is 70.2 Å². The van der Waals surface area contributed by atoms with Gasteiger partial charge in [0.05, 0.1) is 24.1 Å². The molecule has 1 aliphatic rings. The van der Waals surface area contributed by atoms with Gasteiger partial charge in [-0.05, 0) is 12.1 Å². The van der Waals surface area contributed by atoms with Gasteiger partial charge >= 0.3 is 0 Å². The number of nitrogens with zero attached hydrogens (tertiary/aromatic N) is 3. The number of amides is 1. The summed E-state index contributed by atoms with van der Waals surface area (Å²) in [4.78, 5) is 16.3. The average Bonchev–Trinajstić information content (AvgIpc) is 2.51. The third-order valence-corrected chi connectivity index (χ3v) is 5.80. The van der Waals surface area contributed by atoms with E-state index in [1.54, 1.807) is 18.0 Å². The Labute approximate surface area is 150 Å². The van der Waals surface area contributed by atoms with Crippen LogP contribution < -0.4 is 9.64 Å². The van der Waals surface area contributed by atoms with E-state index in [9.17, 15) is 13.2 Å². The molecule has 140 valence electrons. The van der Waals surface area contributed by atoms with Gasteiger partial charge in [-0.1, -0.05) is 13.0 Å². The lowest BCUT2D eigenvalue weighted by Gasteiger charge is -2.35. The summed E-state index contributed by atoms with van der Waals surface area (Å²) in [5.74, 6) is 0.379. The highest BCUT2D eigenvalue weighted by Gasteiger charge is 2.32. The predicted octanol–water partition coefficient (Wildman–Crippen LogP) is 1.11. The zero-order valence-corrected chi connectivity index (χ0v) is 16.5. The Morgan fingerprint density at radius 1 is 1.28 bits per heavy atom. The number of benzene rings is 1. The van der Waals surface area contributed by atoms with Crippen LogP contribution in [-0.4, -0.2) is 77.2 Å². The second-order valence-electron chi connectivity index (χ2n) is 6.91. The fourth-order valence-electron chi connectivity index (χ4n) is 2.88. The van der Waals surface area contributed by atoms with E-state index >= 15 is 0 Å². The molecule has 0 saturated carbocycles. The molecule has 0 radical (unpaired) electrons. The molecule has 0 spiro atoms. The summed E-state index contributed by atoms with van der Waals surface area (Å²) in [6.07, 6.45) is 0.810. The lowest BCUT2D eigenvalue weighted by atomic mass is 10.0. The van der Waals surface area contributed by atoms with Crippen molar-refractivity contribution >= 4 is 21.6 Å². The van der Waals surface area contributed by atoms with Gasteiger partial charge < -0.3 is 14.5 Å². The van der Waals surface area contributed by atoms with Crippen molar-refractivity contribution in [2.24, 2.45) is 5.92 Å². The number of sulfonamides is 1. The molecule has 1 aromatic rings. The number of fused-ring (bicyclic) bond motifs is 1. The molecule has 7 nitrogen and oxygen atoms in total. The van der Waals surface area contributed by atoms with E-state index in [1.165, 1.54) is 17.6 Å². The van der Waals surface area contributed by atoms with Crippen molar-refractivity contribution < 1.29 is 17.9 Å². The van der Waals surface area contributed by atoms with Crippen molar-refractivity contribution in [1.29, 1.82) is 0 Å². The highest BCUT2D eigenvalue weighted by molar-refractivity contribution is 7.88. The summed E-state index contributed by atoms with van der Waals surface area (Å²) in [5.41, 5.74) is 1.29. The largest absolute Gasteiger partial charge is 0.486 e. The van der Waals surface area contributed by atoms with Gasteiger partial charge in [-0.2, -0.15) is 0 Å². The first-order valence-electron chi connectivity index (χ1n) is 8.16. The van der Waals surface area contributed by atoms with E-state index < -0.39 is 10.0 Å². The van der Waals surface area contributed by atoms with Gasteiger partial charge in [-0.3, -0.25) is 4.79 Å². The first kappa shape index (κ1) is 19.5. The van der Waals surface area contributed by atoms with E-state index in [0.29, 0.717) is 17.9 Å². The molecule has 1 aromatic carbocycles. The van der Waals surface area contributed by atoms with Crippen LogP contribution >= 0.6 is 0 Å². The zero-order valence-electron chi connectivity index (χ0n) is 15.7. The number of carbonyl (C=O) groups is 1. The highest BCUT2D eigenvalue weighted by Crippen LogP contribution is 2.35. The summed E-state index contributed by atoms with van der Waals surface area (Å²) >= 11 is 0. The minimum Gasteiger partial charge on any atom is -0.486 e. The molecule has 1 heterocycles. The quantitative estimate of drug-likeness (QED) is 0.795. The van der Waals surface area contributed by atoms with Crippen molar-refractivity contribution in [3.05, 3.63) is 23.8 Å². The van der Waals surface area contributed by atoms with E-state index in [2.05, 4.69) is 0 Å². The second-order valence-corrected chi connectivity index (χ2v) is 9.00. The molecule has 0 bridgehead atoms. The second kappa shape index (κ2) is 7.21. The minimum absolute atomic E-state index is 0.0264. The van der Waals surface area contributed by atoms with Gasteiger partial charge in [0.2, 0.25) is 10.0 Å². The maximum absolute atomic E-state index is 12.7. The number of hydrogen-bond donors (Lipinski definition) is 0. The molecule has 1 aliphatic heterocycles. The van der Waals surface area contributed by atoms with Crippen molar-refractivity contribution in [3.63, 3.8) is 0 Å². The van der Waals surface area contributed by atoms with E-state index in [-0.39, 0.29) is 24.5 Å². The van der Waals surface area contributed by atoms with Crippen LogP contribution in [0.5, 0.6) is 5.75 Å². The molecule has 2 atom stereocenters. The van der Waals surface area contributed by atoms with E-state index in [0.717, 1.165) is 5.69 Å². The van der Waals surface area contributed by atoms with E-state index in [1.807, 2.05) is 38.1 Å². The van der Waals surface area contributed by atoms with Crippen LogP contribution in [0.15, 0.2) is 18.2 Å². The monoisotopic (exact) mass is 369 g/mol. The molecule has 1 amide bonds. The molecule has 8 heteroatoms. The normalized spacial score (nSPS) is 21.4. The van der Waals surface area contributed by atoms with Crippen LogP contribution in [0.2, 0.25) is 0 Å². The number of ether oxygens (including phenoxy) is 1. The third-order valence-electron chi connectivity index (χ3n) is 4.52. The van der Waals surface area contributed by atoms with Crippen molar-refractivity contribution in [1.82, 2.24) is 9.21 Å². The molecular weight excluding hydrogens is 342 g/mol. The highest BCUT2D eigenvalue weighted by atomic mass is 32.2. The lowest BCUT2D eigenvalue weighted by Crippen LogP contribution is -2.46. The number of anilines is 1. The number of hydrogen-bond acceptors (Lipinski definition) is 5. The fraction of sp³-hybridized carbons (Fsp3) is 0.588. The Kier molecular flexibility index (Phi) is 5.63. The van der Waals surface area contributed by atoms with Crippen LogP contribution in [0.4, 0.5) is 5.69 Å². The number of carbonyl (C=O) groups excluding carboxylic acids is 1. The Bertz CT molecular complexity index is 748. The minimum atomic E-state index is -3.31. The number of rotatable bonds is 4. The van der Waals surface area contributed by atoms with Gasteiger partial charge in [0, 0.05) is 40.7 Å². The van der Waals surface area contributed by atoms with Crippen molar-refractivity contribution in [2.45, 2.75) is 13.0 Å². The van der Waals surface area contributed by atoms with Gasteiger partial charge in [0.15, 0.2) is 5.75 Å². The van der Waals surface area contributed by atoms with Crippen LogP contribution in [0.3, 0.4) is 0 Å². The van der Waals surface area contributed by atoms with Crippen LogP contribution in [0, 0.1) is 5.92 Å². The Morgan fingerprint density at radius 2 is 1.92 bits per heavy atom. The Morgan fingerprint density at radius 3 is 2.48 bits per heavy atom. The zero-order chi connectivity index (χ0) is 18.9. The van der Waals surface area contributed by atoms with E-state index in [4.69, 9.17) is 4.74 Å². The molecule has 0 aromatic heterocycles. The smallest absolute Gasteiger partial charge is 0.257 e. The fourth-order valence-corrected chi connectivity index (χ4v) is 3.30. The molecule has 0 saturated heterocycles. The lowest BCUT2D eigenvalue weighted by molar-refractivity contribution is 0.0606. The van der Waals surface area contributed by atoms with Gasteiger partial charge in [-0.25, -0.2) is 12.7 Å². The SMILES string of the molecule is C[C@H]1CN(C)C(=O)c2cccc(N(C)C)c2O[C@H]1CN(C)S(C)(=O)=O. The number of likely N-dealkylation sites (N-methyl/N-ethyl adjacent to an activating group) is 1. The van der Waals surface area contributed by atoms with Crippen LogP contribution in [0.25, 0.3) is 0 Å². The first-order chi connectivity index (χ1) is 11.5. The molecule has 0 N–H and O–H groups in total. The van der Waals surface area contributed by atoms with Crippen LogP contribution in [0.1, 0.15) is 17.3 Å². The molecule has 2 rings (SSSR count). The molecule has 0 unspecified atom stereocenters. The summed E-state index contributed by atoms with van der Waals surface area (Å²) in [7, 11) is 3.75. The standard InChI is InChI=1S/C17H27N3O4S/c1-12-10-19(4)17(21)13-8-7-9-14(18(2)3)16(13)24-15(12)11-20(5)25(6,22)23/h7-9,12,15H,10-11H2,1-6H3/t12-,15-/m0/s1. The third kappa shape index (κ3) is 4.24. The Balaban J connectivity index is 2.49. The maximum Gasteiger partial charge on any atom is 0.257 e. The molecule has 25 heavy (non-hydrogen) atoms. The maximum atomic E-state index is 12.7. The Hall–Kier alpha value is -1.80. The molecule has 0 fully saturated rings. The summed E-state index contributed by atoms with van der Waals surface area (Å²) in [6, 6.07) is 5.45.